The Morgan fingerprint density at radius 3 is 2.68 bits per heavy atom. The van der Waals surface area contributed by atoms with Gasteiger partial charge in [0.15, 0.2) is 0 Å². The highest BCUT2D eigenvalue weighted by Gasteiger charge is 2.27. The fraction of sp³-hybridized carbons (Fsp3) is 0.476. The molecule has 150 valence electrons. The standard InChI is InChI=1S/C21H28N4O2S/c1-13-11-14(28-21(2,3)4)9-10-16(13)23-19(26)20(27)24-17-7-6-8-18-15(17)12-22-25(18)5/h9-12,17H,6-8H2,1-5H3,(H,23,26)(H,24,27). The molecule has 1 heterocycles. The number of anilines is 1. The maximum absolute atomic E-state index is 12.4. The van der Waals surface area contributed by atoms with Crippen molar-refractivity contribution in [3.63, 3.8) is 0 Å². The Bertz CT molecular complexity index is 898. The number of hydrogen-bond acceptors (Lipinski definition) is 4. The van der Waals surface area contributed by atoms with Gasteiger partial charge in [0.25, 0.3) is 0 Å². The molecule has 2 amide bonds. The first kappa shape index (κ1) is 20.5. The third-order valence-electron chi connectivity index (χ3n) is 4.76. The van der Waals surface area contributed by atoms with E-state index in [1.54, 1.807) is 18.0 Å². The molecule has 0 bridgehead atoms. The van der Waals surface area contributed by atoms with Crippen molar-refractivity contribution >= 4 is 29.3 Å². The Morgan fingerprint density at radius 2 is 2.00 bits per heavy atom. The highest BCUT2D eigenvalue weighted by Crippen LogP contribution is 2.33. The number of thioether (sulfide) groups is 1. The number of benzene rings is 1. The SMILES string of the molecule is Cc1cc(SC(C)(C)C)ccc1NC(=O)C(=O)NC1CCCc2c1cnn2C. The minimum absolute atomic E-state index is 0.113. The highest BCUT2D eigenvalue weighted by molar-refractivity contribution is 8.00. The minimum atomic E-state index is -0.643. The van der Waals surface area contributed by atoms with Gasteiger partial charge in [-0.05, 0) is 49.9 Å². The number of fused-ring (bicyclic) bond motifs is 1. The van der Waals surface area contributed by atoms with Gasteiger partial charge in [0.1, 0.15) is 0 Å². The van der Waals surface area contributed by atoms with Crippen LogP contribution in [-0.2, 0) is 23.1 Å². The summed E-state index contributed by atoms with van der Waals surface area (Å²) in [6, 6.07) is 5.70. The predicted molar refractivity (Wildman–Crippen MR) is 112 cm³/mol. The zero-order chi connectivity index (χ0) is 20.5. The average Bonchev–Trinajstić information content (AvgIpc) is 2.98. The summed E-state index contributed by atoms with van der Waals surface area (Å²) in [6.45, 7) is 8.41. The van der Waals surface area contributed by atoms with Crippen LogP contribution in [-0.4, -0.2) is 26.3 Å². The molecule has 1 aliphatic carbocycles. The van der Waals surface area contributed by atoms with Gasteiger partial charge >= 0.3 is 11.8 Å². The van der Waals surface area contributed by atoms with E-state index in [0.29, 0.717) is 5.69 Å². The van der Waals surface area contributed by atoms with Crippen LogP contribution in [0.2, 0.25) is 0 Å². The molecular formula is C21H28N4O2S. The van der Waals surface area contributed by atoms with Crippen molar-refractivity contribution in [1.82, 2.24) is 15.1 Å². The lowest BCUT2D eigenvalue weighted by Gasteiger charge is -2.23. The third kappa shape index (κ3) is 4.76. The summed E-state index contributed by atoms with van der Waals surface area (Å²) in [5, 5.41) is 9.88. The molecule has 28 heavy (non-hydrogen) atoms. The van der Waals surface area contributed by atoms with Crippen molar-refractivity contribution in [2.75, 3.05) is 5.32 Å². The Balaban J connectivity index is 1.64. The molecule has 0 radical (unpaired) electrons. The maximum atomic E-state index is 12.4. The van der Waals surface area contributed by atoms with Crippen molar-refractivity contribution in [1.29, 1.82) is 0 Å². The van der Waals surface area contributed by atoms with Crippen LogP contribution in [0.1, 0.15) is 56.5 Å². The second kappa shape index (κ2) is 7.99. The molecule has 0 fully saturated rings. The van der Waals surface area contributed by atoms with E-state index in [-0.39, 0.29) is 10.8 Å². The van der Waals surface area contributed by atoms with Crippen molar-refractivity contribution in [2.24, 2.45) is 7.05 Å². The highest BCUT2D eigenvalue weighted by atomic mass is 32.2. The average molecular weight is 401 g/mol. The van der Waals surface area contributed by atoms with Gasteiger partial charge in [-0.15, -0.1) is 11.8 Å². The fourth-order valence-corrected chi connectivity index (χ4v) is 4.53. The number of carbonyl (C=O) groups excluding carboxylic acids is 2. The molecule has 7 heteroatoms. The molecule has 0 spiro atoms. The van der Waals surface area contributed by atoms with Crippen LogP contribution in [0.3, 0.4) is 0 Å². The number of hydrogen-bond donors (Lipinski definition) is 2. The zero-order valence-electron chi connectivity index (χ0n) is 17.1. The first-order chi connectivity index (χ1) is 13.1. The lowest BCUT2D eigenvalue weighted by Crippen LogP contribution is -2.39. The van der Waals surface area contributed by atoms with E-state index in [1.165, 1.54) is 0 Å². The Hall–Kier alpha value is -2.28. The van der Waals surface area contributed by atoms with E-state index in [9.17, 15) is 9.59 Å². The molecule has 0 saturated carbocycles. The zero-order valence-corrected chi connectivity index (χ0v) is 17.9. The first-order valence-corrected chi connectivity index (χ1v) is 10.4. The Morgan fingerprint density at radius 1 is 1.25 bits per heavy atom. The van der Waals surface area contributed by atoms with E-state index < -0.39 is 11.8 Å². The van der Waals surface area contributed by atoms with Crippen molar-refractivity contribution in [3.05, 3.63) is 41.2 Å². The van der Waals surface area contributed by atoms with Crippen molar-refractivity contribution < 1.29 is 9.59 Å². The van der Waals surface area contributed by atoms with Gasteiger partial charge in [0.2, 0.25) is 0 Å². The molecule has 1 aromatic carbocycles. The summed E-state index contributed by atoms with van der Waals surface area (Å²) < 4.78 is 1.95. The van der Waals surface area contributed by atoms with Crippen LogP contribution in [0.5, 0.6) is 0 Å². The quantitative estimate of drug-likeness (QED) is 0.608. The van der Waals surface area contributed by atoms with Crippen LogP contribution in [0.15, 0.2) is 29.3 Å². The predicted octanol–water partition coefficient (Wildman–Crippen LogP) is 3.75. The summed E-state index contributed by atoms with van der Waals surface area (Å²) in [7, 11) is 1.90. The van der Waals surface area contributed by atoms with Gasteiger partial charge < -0.3 is 10.6 Å². The van der Waals surface area contributed by atoms with Crippen LogP contribution >= 0.6 is 11.8 Å². The van der Waals surface area contributed by atoms with Crippen molar-refractivity contribution in [3.8, 4) is 0 Å². The van der Waals surface area contributed by atoms with E-state index in [4.69, 9.17) is 0 Å². The summed E-state index contributed by atoms with van der Waals surface area (Å²) in [5.74, 6) is -1.26. The van der Waals surface area contributed by atoms with Gasteiger partial charge in [0, 0.05) is 33.6 Å². The number of rotatable bonds is 3. The largest absolute Gasteiger partial charge is 0.341 e. The Labute approximate surface area is 170 Å². The summed E-state index contributed by atoms with van der Waals surface area (Å²) >= 11 is 1.77. The number of aryl methyl sites for hydroxylation is 2. The van der Waals surface area contributed by atoms with E-state index in [0.717, 1.165) is 41.0 Å². The van der Waals surface area contributed by atoms with Crippen LogP contribution in [0.25, 0.3) is 0 Å². The van der Waals surface area contributed by atoms with Crippen LogP contribution < -0.4 is 10.6 Å². The smallest absolute Gasteiger partial charge is 0.313 e. The topological polar surface area (TPSA) is 76.0 Å². The normalized spacial score (nSPS) is 16.4. The Kier molecular flexibility index (Phi) is 5.84. The number of aromatic nitrogens is 2. The summed E-state index contributed by atoms with van der Waals surface area (Å²) in [6.07, 6.45) is 4.51. The van der Waals surface area contributed by atoms with Gasteiger partial charge in [-0.25, -0.2) is 0 Å². The van der Waals surface area contributed by atoms with Gasteiger partial charge in [0.05, 0.1) is 12.2 Å². The molecule has 1 unspecified atom stereocenters. The molecule has 6 nitrogen and oxygen atoms in total. The van der Waals surface area contributed by atoms with Gasteiger partial charge in [-0.3, -0.25) is 14.3 Å². The maximum Gasteiger partial charge on any atom is 0.313 e. The molecule has 0 saturated heterocycles. The summed E-state index contributed by atoms with van der Waals surface area (Å²) in [5.41, 5.74) is 3.72. The number of amides is 2. The van der Waals surface area contributed by atoms with Gasteiger partial charge in [-0.1, -0.05) is 20.8 Å². The third-order valence-corrected chi connectivity index (χ3v) is 5.86. The first-order valence-electron chi connectivity index (χ1n) is 9.56. The second-order valence-corrected chi connectivity index (χ2v) is 10.1. The second-order valence-electron chi connectivity index (χ2n) is 8.23. The van der Waals surface area contributed by atoms with E-state index in [2.05, 4.69) is 36.5 Å². The minimum Gasteiger partial charge on any atom is -0.341 e. The lowest BCUT2D eigenvalue weighted by molar-refractivity contribution is -0.136. The molecular weight excluding hydrogens is 372 g/mol. The van der Waals surface area contributed by atoms with Crippen LogP contribution in [0, 0.1) is 6.92 Å². The van der Waals surface area contributed by atoms with E-state index >= 15 is 0 Å². The number of carbonyl (C=O) groups is 2. The number of nitrogens with zero attached hydrogens (tertiary/aromatic N) is 2. The number of nitrogens with one attached hydrogen (secondary N) is 2. The van der Waals surface area contributed by atoms with Gasteiger partial charge in [-0.2, -0.15) is 5.10 Å². The molecule has 2 N–H and O–H groups in total. The molecule has 2 aromatic rings. The molecule has 1 aromatic heterocycles. The molecule has 0 aliphatic heterocycles. The molecule has 1 atom stereocenters. The lowest BCUT2D eigenvalue weighted by atomic mass is 9.93. The van der Waals surface area contributed by atoms with Crippen molar-refractivity contribution in [2.45, 2.75) is 62.6 Å². The fourth-order valence-electron chi connectivity index (χ4n) is 3.45. The van der Waals surface area contributed by atoms with E-state index in [1.807, 2.05) is 36.9 Å². The molecule has 3 rings (SSSR count). The summed E-state index contributed by atoms with van der Waals surface area (Å²) in [4.78, 5) is 26.0. The molecule has 1 aliphatic rings. The van der Waals surface area contributed by atoms with Crippen LogP contribution in [0.4, 0.5) is 5.69 Å². The monoisotopic (exact) mass is 400 g/mol.